The van der Waals surface area contributed by atoms with Crippen molar-refractivity contribution in [1.29, 1.82) is 0 Å². The largest absolute Gasteiger partial charge is 0.369 e. The minimum absolute atomic E-state index is 0.171. The van der Waals surface area contributed by atoms with Crippen LogP contribution in [0.1, 0.15) is 38.3 Å². The smallest absolute Gasteiger partial charge is 0.0367 e. The predicted octanol–water partition coefficient (Wildman–Crippen LogP) is 2.63. The van der Waals surface area contributed by atoms with Crippen LogP contribution >= 0.6 is 0 Å². The zero-order valence-electron chi connectivity index (χ0n) is 12.5. The molecule has 3 nitrogen and oxygen atoms in total. The normalized spacial score (nSPS) is 22.5. The monoisotopic (exact) mass is 261 g/mol. The van der Waals surface area contributed by atoms with E-state index in [-0.39, 0.29) is 6.04 Å². The number of anilines is 1. The minimum atomic E-state index is 0.171. The summed E-state index contributed by atoms with van der Waals surface area (Å²) >= 11 is 0. The first kappa shape index (κ1) is 14.4. The number of hydrogen-bond acceptors (Lipinski definition) is 3. The molecule has 1 aromatic carbocycles. The van der Waals surface area contributed by atoms with Crippen molar-refractivity contribution in [1.82, 2.24) is 4.90 Å². The fourth-order valence-electron chi connectivity index (χ4n) is 2.79. The van der Waals surface area contributed by atoms with Crippen molar-refractivity contribution in [2.45, 2.75) is 38.8 Å². The van der Waals surface area contributed by atoms with Gasteiger partial charge >= 0.3 is 0 Å². The Balaban J connectivity index is 2.06. The summed E-state index contributed by atoms with van der Waals surface area (Å²) < 4.78 is 0. The third kappa shape index (κ3) is 3.28. The van der Waals surface area contributed by atoms with E-state index in [0.717, 1.165) is 26.1 Å². The standard InChI is InChI=1S/C16H27N3/c1-4-14-12-19(11-10-18(14)3)15-8-6-13(7-9-15)16(17)5-2/h6-9,14,16H,4-5,10-12,17H2,1-3H3/t14?,16-/m0/s1. The summed E-state index contributed by atoms with van der Waals surface area (Å²) in [5.41, 5.74) is 8.64. The van der Waals surface area contributed by atoms with Crippen molar-refractivity contribution in [3.63, 3.8) is 0 Å². The van der Waals surface area contributed by atoms with Crippen LogP contribution in [0.4, 0.5) is 5.69 Å². The molecule has 1 fully saturated rings. The maximum Gasteiger partial charge on any atom is 0.0367 e. The van der Waals surface area contributed by atoms with E-state index in [1.807, 2.05) is 0 Å². The van der Waals surface area contributed by atoms with Crippen molar-refractivity contribution >= 4 is 5.69 Å². The third-order valence-electron chi connectivity index (χ3n) is 4.37. The first-order chi connectivity index (χ1) is 9.15. The molecule has 19 heavy (non-hydrogen) atoms. The molecule has 1 saturated heterocycles. The summed E-state index contributed by atoms with van der Waals surface area (Å²) in [4.78, 5) is 4.97. The molecule has 0 aromatic heterocycles. The number of benzene rings is 1. The van der Waals surface area contributed by atoms with E-state index in [2.05, 4.69) is 55.0 Å². The highest BCUT2D eigenvalue weighted by molar-refractivity contribution is 5.48. The van der Waals surface area contributed by atoms with Gasteiger partial charge in [-0.05, 0) is 37.6 Å². The molecular formula is C16H27N3. The van der Waals surface area contributed by atoms with Gasteiger partial charge in [0.1, 0.15) is 0 Å². The van der Waals surface area contributed by atoms with E-state index in [1.165, 1.54) is 17.7 Å². The Labute approximate surface area is 117 Å². The van der Waals surface area contributed by atoms with Gasteiger partial charge in [0.05, 0.1) is 0 Å². The molecule has 1 heterocycles. The van der Waals surface area contributed by atoms with Gasteiger partial charge in [-0.15, -0.1) is 0 Å². The average molecular weight is 261 g/mol. The number of piperazine rings is 1. The molecule has 0 spiro atoms. The van der Waals surface area contributed by atoms with Crippen LogP contribution in [-0.4, -0.2) is 37.6 Å². The zero-order chi connectivity index (χ0) is 13.8. The number of nitrogens with zero attached hydrogens (tertiary/aromatic N) is 2. The first-order valence-electron chi connectivity index (χ1n) is 7.46. The molecular weight excluding hydrogens is 234 g/mol. The Bertz CT molecular complexity index is 387. The van der Waals surface area contributed by atoms with Crippen molar-refractivity contribution < 1.29 is 0 Å². The third-order valence-corrected chi connectivity index (χ3v) is 4.37. The van der Waals surface area contributed by atoms with Crippen LogP contribution in [0.15, 0.2) is 24.3 Å². The van der Waals surface area contributed by atoms with Gasteiger partial charge in [0.25, 0.3) is 0 Å². The molecule has 0 radical (unpaired) electrons. The van der Waals surface area contributed by atoms with E-state index >= 15 is 0 Å². The zero-order valence-corrected chi connectivity index (χ0v) is 12.5. The van der Waals surface area contributed by atoms with Gasteiger partial charge in [-0.1, -0.05) is 26.0 Å². The lowest BCUT2D eigenvalue weighted by Gasteiger charge is -2.40. The van der Waals surface area contributed by atoms with Crippen LogP contribution in [0, 0.1) is 0 Å². The Hall–Kier alpha value is -1.06. The van der Waals surface area contributed by atoms with E-state index in [1.54, 1.807) is 0 Å². The second-order valence-electron chi connectivity index (χ2n) is 5.59. The lowest BCUT2D eigenvalue weighted by atomic mass is 10.0. The van der Waals surface area contributed by atoms with Crippen LogP contribution in [0.2, 0.25) is 0 Å². The van der Waals surface area contributed by atoms with Crippen LogP contribution in [0.3, 0.4) is 0 Å². The molecule has 2 atom stereocenters. The SMILES string of the molecule is CCC1CN(c2ccc([C@@H](N)CC)cc2)CCN1C. The van der Waals surface area contributed by atoms with Gasteiger partial charge in [0.2, 0.25) is 0 Å². The summed E-state index contributed by atoms with van der Waals surface area (Å²) in [6.45, 7) is 7.80. The van der Waals surface area contributed by atoms with Gasteiger partial charge in [-0.3, -0.25) is 4.90 Å². The molecule has 1 aliphatic rings. The molecule has 1 aromatic rings. The van der Waals surface area contributed by atoms with Crippen LogP contribution in [0.5, 0.6) is 0 Å². The maximum atomic E-state index is 6.06. The summed E-state index contributed by atoms with van der Waals surface area (Å²) in [6, 6.07) is 9.66. The highest BCUT2D eigenvalue weighted by Crippen LogP contribution is 2.22. The molecule has 2 rings (SSSR count). The van der Waals surface area contributed by atoms with E-state index in [0.29, 0.717) is 6.04 Å². The molecule has 2 N–H and O–H groups in total. The fraction of sp³-hybridized carbons (Fsp3) is 0.625. The quantitative estimate of drug-likeness (QED) is 0.904. The molecule has 1 aliphatic heterocycles. The first-order valence-corrected chi connectivity index (χ1v) is 7.46. The van der Waals surface area contributed by atoms with Gasteiger partial charge < -0.3 is 10.6 Å². The lowest BCUT2D eigenvalue weighted by molar-refractivity contribution is 0.213. The Morgan fingerprint density at radius 3 is 2.47 bits per heavy atom. The number of likely N-dealkylation sites (N-methyl/N-ethyl adjacent to an activating group) is 1. The Morgan fingerprint density at radius 2 is 1.89 bits per heavy atom. The van der Waals surface area contributed by atoms with Gasteiger partial charge in [-0.2, -0.15) is 0 Å². The predicted molar refractivity (Wildman–Crippen MR) is 82.6 cm³/mol. The summed E-state index contributed by atoms with van der Waals surface area (Å²) in [6.07, 6.45) is 2.21. The molecule has 0 bridgehead atoms. The van der Waals surface area contributed by atoms with Crippen LogP contribution in [-0.2, 0) is 0 Å². The second-order valence-corrected chi connectivity index (χ2v) is 5.59. The molecule has 0 amide bonds. The van der Waals surface area contributed by atoms with E-state index in [4.69, 9.17) is 5.73 Å². The van der Waals surface area contributed by atoms with E-state index in [9.17, 15) is 0 Å². The van der Waals surface area contributed by atoms with Crippen molar-refractivity contribution in [3.8, 4) is 0 Å². The number of hydrogen-bond donors (Lipinski definition) is 1. The van der Waals surface area contributed by atoms with Crippen LogP contribution in [0.25, 0.3) is 0 Å². The van der Waals surface area contributed by atoms with Gasteiger partial charge in [0, 0.05) is 37.4 Å². The second kappa shape index (κ2) is 6.40. The van der Waals surface area contributed by atoms with Crippen molar-refractivity contribution in [2.75, 3.05) is 31.6 Å². The maximum absolute atomic E-state index is 6.06. The number of nitrogens with two attached hydrogens (primary N) is 1. The molecule has 106 valence electrons. The van der Waals surface area contributed by atoms with Crippen molar-refractivity contribution in [3.05, 3.63) is 29.8 Å². The molecule has 3 heteroatoms. The highest BCUT2D eigenvalue weighted by atomic mass is 15.3. The summed E-state index contributed by atoms with van der Waals surface area (Å²) in [7, 11) is 2.23. The van der Waals surface area contributed by atoms with E-state index < -0.39 is 0 Å². The molecule has 0 saturated carbocycles. The van der Waals surface area contributed by atoms with Crippen molar-refractivity contribution in [2.24, 2.45) is 5.73 Å². The summed E-state index contributed by atoms with van der Waals surface area (Å²) in [5.74, 6) is 0. The Kier molecular flexibility index (Phi) is 4.83. The lowest BCUT2D eigenvalue weighted by Crippen LogP contribution is -2.51. The number of rotatable bonds is 4. The minimum Gasteiger partial charge on any atom is -0.369 e. The van der Waals surface area contributed by atoms with Gasteiger partial charge in [0.15, 0.2) is 0 Å². The fourth-order valence-corrected chi connectivity index (χ4v) is 2.79. The molecule has 1 unspecified atom stereocenters. The molecule has 0 aliphatic carbocycles. The Morgan fingerprint density at radius 1 is 1.21 bits per heavy atom. The summed E-state index contributed by atoms with van der Waals surface area (Å²) in [5, 5.41) is 0. The topological polar surface area (TPSA) is 32.5 Å². The highest BCUT2D eigenvalue weighted by Gasteiger charge is 2.22. The van der Waals surface area contributed by atoms with Crippen LogP contribution < -0.4 is 10.6 Å². The average Bonchev–Trinajstić information content (AvgIpc) is 2.47. The van der Waals surface area contributed by atoms with Gasteiger partial charge in [-0.25, -0.2) is 0 Å².